The topological polar surface area (TPSA) is 107 Å². The van der Waals surface area contributed by atoms with Crippen LogP contribution >= 0.6 is 0 Å². The first-order valence-corrected chi connectivity index (χ1v) is 12.6. The average Bonchev–Trinajstić information content (AvgIpc) is 2.79. The summed E-state index contributed by atoms with van der Waals surface area (Å²) in [4.78, 5) is 16.4. The monoisotopic (exact) mass is 494 g/mol. The molecule has 0 radical (unpaired) electrons. The van der Waals surface area contributed by atoms with E-state index in [1.54, 1.807) is 38.2 Å². The van der Waals surface area contributed by atoms with Crippen molar-refractivity contribution in [3.05, 3.63) is 58.8 Å². The Hall–Kier alpha value is -3.02. The van der Waals surface area contributed by atoms with Crippen molar-refractivity contribution in [2.45, 2.75) is 88.8 Å². The van der Waals surface area contributed by atoms with E-state index in [9.17, 15) is 19.6 Å². The van der Waals surface area contributed by atoms with Gasteiger partial charge in [0.25, 0.3) is 0 Å². The molecule has 1 aromatic carbocycles. The van der Waals surface area contributed by atoms with Gasteiger partial charge in [-0.25, -0.2) is 9.37 Å². The molecule has 1 aliphatic carbocycles. The first-order chi connectivity index (χ1) is 17.1. The number of nitriles is 1. The molecule has 1 amide bonds. The van der Waals surface area contributed by atoms with Crippen molar-refractivity contribution in [2.75, 3.05) is 6.54 Å². The van der Waals surface area contributed by atoms with Crippen LogP contribution in [0.3, 0.4) is 0 Å². The summed E-state index contributed by atoms with van der Waals surface area (Å²) < 4.78 is 20.6. The summed E-state index contributed by atoms with van der Waals surface area (Å²) in [5.74, 6) is 0.336. The van der Waals surface area contributed by atoms with E-state index in [2.05, 4.69) is 21.7 Å². The van der Waals surface area contributed by atoms with Crippen LogP contribution in [-0.4, -0.2) is 46.0 Å². The number of fused-ring (bicyclic) bond motifs is 1. The number of rotatable bonds is 9. The van der Waals surface area contributed by atoms with Crippen molar-refractivity contribution in [3.63, 3.8) is 0 Å². The zero-order valence-corrected chi connectivity index (χ0v) is 21.2. The minimum atomic E-state index is -1.35. The lowest BCUT2D eigenvalue weighted by molar-refractivity contribution is -0.120. The molecule has 3 atom stereocenters. The van der Waals surface area contributed by atoms with Crippen LogP contribution in [0.15, 0.2) is 36.5 Å². The maximum Gasteiger partial charge on any atom is 0.218 e. The molecule has 1 saturated carbocycles. The molecule has 1 spiro atoms. The number of nitrogens with zero attached hydrogens (tertiary/aromatic N) is 2. The van der Waals surface area contributed by atoms with Crippen molar-refractivity contribution >= 4 is 5.91 Å². The highest BCUT2D eigenvalue weighted by molar-refractivity contribution is 5.73. The summed E-state index contributed by atoms with van der Waals surface area (Å²) in [6.45, 7) is 4.76. The fourth-order valence-corrected chi connectivity index (χ4v) is 5.19. The summed E-state index contributed by atoms with van der Waals surface area (Å²) in [6.07, 6.45) is 5.21. The SMILES string of the molecule is CC(=O)N[C@@H](Cc1cccc(C#N)c1)[C@@H](O)CN[C@H]1CC2(CCC2)Oc2ncc(CC(C)(C)F)cc21. The number of nitrogens with one attached hydrogen (secondary N) is 2. The van der Waals surface area contributed by atoms with Gasteiger partial charge in [-0.1, -0.05) is 12.1 Å². The van der Waals surface area contributed by atoms with Gasteiger partial charge in [-0.15, -0.1) is 0 Å². The van der Waals surface area contributed by atoms with Gasteiger partial charge in [-0.3, -0.25) is 4.79 Å². The number of alkyl halides is 1. The summed E-state index contributed by atoms with van der Waals surface area (Å²) in [7, 11) is 0. The molecule has 2 aromatic rings. The van der Waals surface area contributed by atoms with Crippen LogP contribution in [0.2, 0.25) is 0 Å². The average molecular weight is 495 g/mol. The van der Waals surface area contributed by atoms with Gasteiger partial charge in [0.1, 0.15) is 11.3 Å². The van der Waals surface area contributed by atoms with Gasteiger partial charge in [0.15, 0.2) is 0 Å². The van der Waals surface area contributed by atoms with Crippen molar-refractivity contribution in [2.24, 2.45) is 0 Å². The molecule has 0 bridgehead atoms. The Morgan fingerprint density at radius 1 is 1.36 bits per heavy atom. The Balaban J connectivity index is 1.50. The fraction of sp³-hybridized carbons (Fsp3) is 0.536. The van der Waals surface area contributed by atoms with E-state index in [0.29, 0.717) is 17.9 Å². The second kappa shape index (κ2) is 10.5. The van der Waals surface area contributed by atoms with E-state index in [1.807, 2.05) is 12.1 Å². The van der Waals surface area contributed by atoms with Gasteiger partial charge < -0.3 is 20.5 Å². The van der Waals surface area contributed by atoms with E-state index < -0.39 is 17.8 Å². The number of carbonyl (C=O) groups is 1. The highest BCUT2D eigenvalue weighted by atomic mass is 19.1. The number of hydrogen-bond donors (Lipinski definition) is 3. The molecule has 7 nitrogen and oxygen atoms in total. The first-order valence-electron chi connectivity index (χ1n) is 12.6. The lowest BCUT2D eigenvalue weighted by atomic mass is 9.73. The van der Waals surface area contributed by atoms with Crippen LogP contribution in [0.4, 0.5) is 4.39 Å². The molecule has 1 aliphatic heterocycles. The van der Waals surface area contributed by atoms with Crippen LogP contribution < -0.4 is 15.4 Å². The molecule has 36 heavy (non-hydrogen) atoms. The van der Waals surface area contributed by atoms with E-state index in [4.69, 9.17) is 4.74 Å². The Labute approximate surface area is 212 Å². The minimum absolute atomic E-state index is 0.112. The maximum atomic E-state index is 14.3. The lowest BCUT2D eigenvalue weighted by Crippen LogP contribution is -2.52. The quantitative estimate of drug-likeness (QED) is 0.491. The normalized spacial score (nSPS) is 19.8. The largest absolute Gasteiger partial charge is 0.471 e. The van der Waals surface area contributed by atoms with Gasteiger partial charge in [0, 0.05) is 44.1 Å². The highest BCUT2D eigenvalue weighted by Gasteiger charge is 2.46. The molecule has 0 saturated heterocycles. The number of aliphatic hydroxyl groups excluding tert-OH is 1. The van der Waals surface area contributed by atoms with Crippen molar-refractivity contribution < 1.29 is 19.0 Å². The molecular weight excluding hydrogens is 459 g/mol. The van der Waals surface area contributed by atoms with Gasteiger partial charge in [-0.2, -0.15) is 5.26 Å². The van der Waals surface area contributed by atoms with E-state index >= 15 is 0 Å². The number of carbonyl (C=O) groups excluding carboxylic acids is 1. The zero-order valence-electron chi connectivity index (χ0n) is 21.2. The summed E-state index contributed by atoms with van der Waals surface area (Å²) in [5.41, 5.74) is 1.46. The maximum absolute atomic E-state index is 14.3. The highest BCUT2D eigenvalue weighted by Crippen LogP contribution is 2.48. The molecule has 3 N–H and O–H groups in total. The van der Waals surface area contributed by atoms with E-state index in [-0.39, 0.29) is 30.5 Å². The van der Waals surface area contributed by atoms with Crippen LogP contribution in [0.25, 0.3) is 0 Å². The Morgan fingerprint density at radius 3 is 2.78 bits per heavy atom. The summed E-state index contributed by atoms with van der Waals surface area (Å²) in [6, 6.07) is 10.6. The Bertz CT molecular complexity index is 1140. The number of pyridine rings is 1. The summed E-state index contributed by atoms with van der Waals surface area (Å²) >= 11 is 0. The third-order valence-electron chi connectivity index (χ3n) is 7.03. The number of aromatic nitrogens is 1. The molecule has 2 aliphatic rings. The van der Waals surface area contributed by atoms with Gasteiger partial charge in [0.2, 0.25) is 11.8 Å². The van der Waals surface area contributed by atoms with Gasteiger partial charge in [0.05, 0.1) is 23.8 Å². The van der Waals surface area contributed by atoms with Crippen molar-refractivity contribution in [1.29, 1.82) is 5.26 Å². The third kappa shape index (κ3) is 6.40. The predicted octanol–water partition coefficient (Wildman–Crippen LogP) is 3.69. The number of halogens is 1. The standard InChI is InChI=1S/C28H35FN4O3/c1-18(34)33-23(12-19-6-4-7-20(10-19)15-30)25(35)17-31-24-14-28(8-5-9-28)36-26-22(24)11-21(16-32-26)13-27(2,3)29/h4,6-7,10-11,16,23-25,31,35H,5,8-9,12-14,17H2,1-3H3,(H,33,34)/t23-,24-,25-/m0/s1. The predicted molar refractivity (Wildman–Crippen MR) is 134 cm³/mol. The molecule has 8 heteroatoms. The number of ether oxygens (including phenoxy) is 1. The number of benzene rings is 1. The Kier molecular flexibility index (Phi) is 7.62. The van der Waals surface area contributed by atoms with Crippen molar-refractivity contribution in [3.8, 4) is 11.9 Å². The second-order valence-electron chi connectivity index (χ2n) is 10.8. The minimum Gasteiger partial charge on any atom is -0.471 e. The van der Waals surface area contributed by atoms with Gasteiger partial charge >= 0.3 is 0 Å². The lowest BCUT2D eigenvalue weighted by Gasteiger charge is -2.47. The first kappa shape index (κ1) is 26.1. The number of aliphatic hydroxyl groups is 1. The Morgan fingerprint density at radius 2 is 2.14 bits per heavy atom. The molecule has 4 rings (SSSR count). The van der Waals surface area contributed by atoms with Crippen LogP contribution in [0.5, 0.6) is 5.88 Å². The number of hydrogen-bond acceptors (Lipinski definition) is 6. The third-order valence-corrected chi connectivity index (χ3v) is 7.03. The van der Waals surface area contributed by atoms with Crippen LogP contribution in [-0.2, 0) is 17.6 Å². The fourth-order valence-electron chi connectivity index (χ4n) is 5.19. The van der Waals surface area contributed by atoms with E-state index in [0.717, 1.165) is 42.4 Å². The molecule has 0 unspecified atom stereocenters. The van der Waals surface area contributed by atoms with Crippen LogP contribution in [0, 0.1) is 11.3 Å². The smallest absolute Gasteiger partial charge is 0.218 e. The van der Waals surface area contributed by atoms with Crippen LogP contribution in [0.1, 0.15) is 74.8 Å². The molecule has 2 heterocycles. The zero-order chi connectivity index (χ0) is 25.9. The summed E-state index contributed by atoms with van der Waals surface area (Å²) in [5, 5.41) is 26.6. The molecular formula is C28H35FN4O3. The molecule has 192 valence electrons. The second-order valence-corrected chi connectivity index (χ2v) is 10.8. The molecule has 1 aromatic heterocycles. The molecule has 1 fully saturated rings. The van der Waals surface area contributed by atoms with Gasteiger partial charge in [-0.05, 0) is 68.9 Å². The van der Waals surface area contributed by atoms with Crippen molar-refractivity contribution in [1.82, 2.24) is 15.6 Å². The number of amides is 1. The van der Waals surface area contributed by atoms with E-state index in [1.165, 1.54) is 6.92 Å².